The number of aromatic nitrogens is 1. The third-order valence-electron chi connectivity index (χ3n) is 4.38. The van der Waals surface area contributed by atoms with Gasteiger partial charge in [0.2, 0.25) is 0 Å². The number of fused-ring (bicyclic) bond motifs is 1. The van der Waals surface area contributed by atoms with E-state index in [4.69, 9.17) is 9.47 Å². The van der Waals surface area contributed by atoms with Gasteiger partial charge in [-0.2, -0.15) is 0 Å². The smallest absolute Gasteiger partial charge is 0.263 e. The molecule has 3 heterocycles. The molecule has 0 radical (unpaired) electrons. The van der Waals surface area contributed by atoms with Crippen LogP contribution in [0, 0.1) is 5.82 Å². The fourth-order valence-electron chi connectivity index (χ4n) is 3.13. The minimum absolute atomic E-state index is 0.000813. The van der Waals surface area contributed by atoms with E-state index in [1.54, 1.807) is 18.2 Å². The van der Waals surface area contributed by atoms with E-state index >= 15 is 0 Å². The fourth-order valence-corrected chi connectivity index (χ4v) is 3.13. The van der Waals surface area contributed by atoms with Crippen LogP contribution in [0.5, 0.6) is 5.75 Å². The lowest BCUT2D eigenvalue weighted by Crippen LogP contribution is -2.44. The van der Waals surface area contributed by atoms with Crippen LogP contribution in [0.15, 0.2) is 36.4 Å². The Balaban J connectivity index is 1.68. The zero-order valence-electron chi connectivity index (χ0n) is 13.7. The van der Waals surface area contributed by atoms with E-state index in [9.17, 15) is 9.18 Å². The lowest BCUT2D eigenvalue weighted by Gasteiger charge is -2.40. The predicted octanol–water partition coefficient (Wildman–Crippen LogP) is 2.52. The van der Waals surface area contributed by atoms with Gasteiger partial charge < -0.3 is 19.7 Å². The standard InChI is InChI=1S/C18H18FN3O3/c1-11-8-22(14(9-24-11)12-2-4-13(19)5-3-12)16-7-6-15-18(20-16)21-17(23)10-25-15/h2-7,11,14H,8-10H2,1H3,(H,20,21,23)/t11-,14-/m0/s1. The summed E-state index contributed by atoms with van der Waals surface area (Å²) in [4.78, 5) is 18.2. The number of anilines is 2. The number of pyridine rings is 1. The van der Waals surface area contributed by atoms with E-state index in [0.717, 1.165) is 5.56 Å². The number of rotatable bonds is 2. The van der Waals surface area contributed by atoms with Crippen molar-refractivity contribution in [2.45, 2.75) is 19.1 Å². The molecule has 1 fully saturated rings. The maximum absolute atomic E-state index is 13.2. The van der Waals surface area contributed by atoms with Crippen molar-refractivity contribution in [2.75, 3.05) is 30.0 Å². The molecule has 1 saturated heterocycles. The average molecular weight is 343 g/mol. The number of hydrogen-bond acceptors (Lipinski definition) is 5. The molecule has 2 aliphatic heterocycles. The Hall–Kier alpha value is -2.67. The van der Waals surface area contributed by atoms with Crippen molar-refractivity contribution in [1.29, 1.82) is 0 Å². The lowest BCUT2D eigenvalue weighted by molar-refractivity contribution is -0.118. The van der Waals surface area contributed by atoms with Gasteiger partial charge in [-0.15, -0.1) is 0 Å². The second-order valence-corrected chi connectivity index (χ2v) is 6.22. The molecule has 1 N–H and O–H groups in total. The number of ether oxygens (including phenoxy) is 2. The van der Waals surface area contributed by atoms with Crippen LogP contribution in [0.1, 0.15) is 18.5 Å². The molecule has 130 valence electrons. The fraction of sp³-hybridized carbons (Fsp3) is 0.333. The Morgan fingerprint density at radius 1 is 1.24 bits per heavy atom. The zero-order valence-corrected chi connectivity index (χ0v) is 13.7. The number of hydrogen-bond donors (Lipinski definition) is 1. The SMILES string of the molecule is C[C@H]1CN(c2ccc3c(n2)NC(=O)CO3)[C@H](c2ccc(F)cc2)CO1. The van der Waals surface area contributed by atoms with Crippen LogP contribution in [-0.4, -0.2) is 36.8 Å². The van der Waals surface area contributed by atoms with Gasteiger partial charge in [0.1, 0.15) is 11.6 Å². The molecule has 7 heteroatoms. The number of nitrogens with one attached hydrogen (secondary N) is 1. The Bertz CT molecular complexity index is 797. The Morgan fingerprint density at radius 3 is 2.84 bits per heavy atom. The molecule has 2 atom stereocenters. The highest BCUT2D eigenvalue weighted by Crippen LogP contribution is 2.34. The highest BCUT2D eigenvalue weighted by molar-refractivity contribution is 5.94. The van der Waals surface area contributed by atoms with E-state index in [1.807, 2.05) is 13.0 Å². The van der Waals surface area contributed by atoms with Crippen LogP contribution in [-0.2, 0) is 9.53 Å². The number of benzene rings is 1. The highest BCUT2D eigenvalue weighted by Gasteiger charge is 2.30. The summed E-state index contributed by atoms with van der Waals surface area (Å²) in [6.45, 7) is 3.12. The normalized spacial score (nSPS) is 22.8. The van der Waals surface area contributed by atoms with E-state index in [2.05, 4.69) is 15.2 Å². The minimum atomic E-state index is -0.271. The summed E-state index contributed by atoms with van der Waals surface area (Å²) in [6, 6.07) is 10.00. The third-order valence-corrected chi connectivity index (χ3v) is 4.38. The molecule has 2 aromatic rings. The molecule has 6 nitrogen and oxygen atoms in total. The molecule has 0 spiro atoms. The minimum Gasteiger partial charge on any atom is -0.480 e. The van der Waals surface area contributed by atoms with Crippen molar-refractivity contribution < 1.29 is 18.7 Å². The molecule has 1 aromatic carbocycles. The Morgan fingerprint density at radius 2 is 2.04 bits per heavy atom. The van der Waals surface area contributed by atoms with Gasteiger partial charge in [-0.25, -0.2) is 9.37 Å². The van der Waals surface area contributed by atoms with Crippen molar-refractivity contribution in [3.05, 3.63) is 47.8 Å². The van der Waals surface area contributed by atoms with Gasteiger partial charge in [0.25, 0.3) is 5.91 Å². The second-order valence-electron chi connectivity index (χ2n) is 6.22. The topological polar surface area (TPSA) is 63.7 Å². The molecule has 1 amide bonds. The van der Waals surface area contributed by atoms with Crippen LogP contribution in [0.25, 0.3) is 0 Å². The van der Waals surface area contributed by atoms with Crippen molar-refractivity contribution in [3.8, 4) is 5.75 Å². The van der Waals surface area contributed by atoms with Gasteiger partial charge in [0, 0.05) is 6.54 Å². The maximum atomic E-state index is 13.2. The molecule has 0 bridgehead atoms. The van der Waals surface area contributed by atoms with Crippen molar-refractivity contribution in [2.24, 2.45) is 0 Å². The quantitative estimate of drug-likeness (QED) is 0.908. The molecule has 0 aliphatic carbocycles. The second kappa shape index (κ2) is 6.33. The van der Waals surface area contributed by atoms with Crippen LogP contribution < -0.4 is 15.0 Å². The molecule has 4 rings (SSSR count). The lowest BCUT2D eigenvalue weighted by atomic mass is 10.0. The molecule has 0 unspecified atom stereocenters. The summed E-state index contributed by atoms with van der Waals surface area (Å²) >= 11 is 0. The molecular formula is C18H18FN3O3. The van der Waals surface area contributed by atoms with Crippen LogP contribution in [0.2, 0.25) is 0 Å². The largest absolute Gasteiger partial charge is 0.480 e. The number of nitrogens with zero attached hydrogens (tertiary/aromatic N) is 2. The van der Waals surface area contributed by atoms with Gasteiger partial charge in [-0.05, 0) is 36.8 Å². The number of halogens is 1. The third kappa shape index (κ3) is 3.15. The number of carbonyl (C=O) groups excluding carboxylic acids is 1. The summed E-state index contributed by atoms with van der Waals surface area (Å²) in [5.41, 5.74) is 0.952. The predicted molar refractivity (Wildman–Crippen MR) is 90.3 cm³/mol. The molecular weight excluding hydrogens is 325 g/mol. The van der Waals surface area contributed by atoms with Crippen LogP contribution in [0.4, 0.5) is 16.0 Å². The van der Waals surface area contributed by atoms with Gasteiger partial charge in [-0.1, -0.05) is 12.1 Å². The van der Waals surface area contributed by atoms with Crippen LogP contribution >= 0.6 is 0 Å². The summed E-state index contributed by atoms with van der Waals surface area (Å²) in [6.07, 6.45) is 0.0420. The zero-order chi connectivity index (χ0) is 17.4. The summed E-state index contributed by atoms with van der Waals surface area (Å²) in [5, 5.41) is 2.73. The van der Waals surface area contributed by atoms with Crippen molar-refractivity contribution in [1.82, 2.24) is 4.98 Å². The summed E-state index contributed by atoms with van der Waals surface area (Å²) < 4.78 is 24.4. The van der Waals surface area contributed by atoms with Gasteiger partial charge in [-0.3, -0.25) is 4.79 Å². The molecule has 25 heavy (non-hydrogen) atoms. The average Bonchev–Trinajstić information content (AvgIpc) is 2.62. The first kappa shape index (κ1) is 15.8. The number of carbonyl (C=O) groups is 1. The van der Waals surface area contributed by atoms with Crippen molar-refractivity contribution >= 4 is 17.5 Å². The molecule has 0 saturated carbocycles. The Kier molecular flexibility index (Phi) is 4.01. The first-order valence-corrected chi connectivity index (χ1v) is 8.17. The molecule has 1 aromatic heterocycles. The first-order valence-electron chi connectivity index (χ1n) is 8.17. The van der Waals surface area contributed by atoms with Gasteiger partial charge >= 0.3 is 0 Å². The van der Waals surface area contributed by atoms with Crippen molar-refractivity contribution in [3.63, 3.8) is 0 Å². The first-order chi connectivity index (χ1) is 12.1. The van der Waals surface area contributed by atoms with E-state index < -0.39 is 0 Å². The maximum Gasteiger partial charge on any atom is 0.263 e. The van der Waals surface area contributed by atoms with E-state index in [1.165, 1.54) is 12.1 Å². The van der Waals surface area contributed by atoms with Gasteiger partial charge in [0.15, 0.2) is 18.2 Å². The highest BCUT2D eigenvalue weighted by atomic mass is 19.1. The Labute approximate surface area is 144 Å². The summed E-state index contributed by atoms with van der Waals surface area (Å²) in [7, 11) is 0. The van der Waals surface area contributed by atoms with Crippen LogP contribution in [0.3, 0.4) is 0 Å². The van der Waals surface area contributed by atoms with Gasteiger partial charge in [0.05, 0.1) is 18.8 Å². The molecule has 2 aliphatic rings. The van der Waals surface area contributed by atoms with E-state index in [-0.39, 0.29) is 30.5 Å². The van der Waals surface area contributed by atoms with E-state index in [0.29, 0.717) is 30.5 Å². The monoisotopic (exact) mass is 343 g/mol. The number of amides is 1. The summed E-state index contributed by atoms with van der Waals surface area (Å²) in [5.74, 6) is 1.21. The number of morpholine rings is 1.